The van der Waals surface area contributed by atoms with Crippen LogP contribution in [-0.4, -0.2) is 28.3 Å². The molecule has 1 heterocycles. The Bertz CT molecular complexity index is 307. The van der Waals surface area contributed by atoms with E-state index in [0.717, 1.165) is 24.5 Å². The number of aryl methyl sites for hydroxylation is 2. The fourth-order valence-corrected chi connectivity index (χ4v) is 2.27. The number of nitrogens with one attached hydrogen (secondary N) is 1. The monoisotopic (exact) mass is 227 g/mol. The average molecular weight is 227 g/mol. The summed E-state index contributed by atoms with van der Waals surface area (Å²) in [5, 5.41) is 7.75. The highest BCUT2D eigenvalue weighted by molar-refractivity contribution is 7.99. The van der Waals surface area contributed by atoms with E-state index < -0.39 is 0 Å². The van der Waals surface area contributed by atoms with Crippen LogP contribution < -0.4 is 5.32 Å². The van der Waals surface area contributed by atoms with E-state index in [1.54, 1.807) is 0 Å². The lowest BCUT2D eigenvalue weighted by molar-refractivity contribution is 0.638. The van der Waals surface area contributed by atoms with E-state index in [1.165, 1.54) is 17.0 Å². The number of hydrogen-bond acceptors (Lipinski definition) is 3. The Labute approximate surface area is 96.6 Å². The van der Waals surface area contributed by atoms with Crippen LogP contribution in [-0.2, 0) is 13.1 Å². The van der Waals surface area contributed by atoms with Crippen LogP contribution in [0.3, 0.4) is 0 Å². The van der Waals surface area contributed by atoms with Gasteiger partial charge in [-0.15, -0.1) is 0 Å². The van der Waals surface area contributed by atoms with Crippen molar-refractivity contribution in [3.05, 3.63) is 17.0 Å². The zero-order chi connectivity index (χ0) is 11.3. The molecule has 1 rings (SSSR count). The van der Waals surface area contributed by atoms with Crippen molar-refractivity contribution < 1.29 is 0 Å². The minimum absolute atomic E-state index is 0.915. The third-order valence-electron chi connectivity index (χ3n) is 2.54. The first-order valence-electron chi connectivity index (χ1n) is 5.46. The summed E-state index contributed by atoms with van der Waals surface area (Å²) in [7, 11) is 1.98. The Hall–Kier alpha value is -0.480. The van der Waals surface area contributed by atoms with Crippen LogP contribution in [0.1, 0.15) is 23.9 Å². The zero-order valence-electron chi connectivity index (χ0n) is 10.1. The summed E-state index contributed by atoms with van der Waals surface area (Å²) in [5.74, 6) is 2.33. The van der Waals surface area contributed by atoms with Gasteiger partial charge < -0.3 is 5.32 Å². The molecule has 15 heavy (non-hydrogen) atoms. The molecule has 0 aliphatic carbocycles. The maximum Gasteiger partial charge on any atom is 0.0641 e. The SMILES string of the molecule is CCSCCn1nc(C)c(CNC)c1C. The van der Waals surface area contributed by atoms with Gasteiger partial charge in [0.2, 0.25) is 0 Å². The Morgan fingerprint density at radius 3 is 2.73 bits per heavy atom. The summed E-state index contributed by atoms with van der Waals surface area (Å²) in [4.78, 5) is 0. The highest BCUT2D eigenvalue weighted by atomic mass is 32.2. The van der Waals surface area contributed by atoms with Crippen molar-refractivity contribution in [1.29, 1.82) is 0 Å². The summed E-state index contributed by atoms with van der Waals surface area (Å²) in [6.07, 6.45) is 0. The van der Waals surface area contributed by atoms with Crippen LogP contribution in [0.2, 0.25) is 0 Å². The lowest BCUT2D eigenvalue weighted by Crippen LogP contribution is -2.08. The van der Waals surface area contributed by atoms with Gasteiger partial charge in [0.05, 0.1) is 12.2 Å². The van der Waals surface area contributed by atoms with Crippen molar-refractivity contribution in [1.82, 2.24) is 15.1 Å². The standard InChI is InChI=1S/C11H21N3S/c1-5-15-7-6-14-10(3)11(8-12-4)9(2)13-14/h12H,5-8H2,1-4H3. The van der Waals surface area contributed by atoms with E-state index in [-0.39, 0.29) is 0 Å². The van der Waals surface area contributed by atoms with Gasteiger partial charge >= 0.3 is 0 Å². The maximum absolute atomic E-state index is 4.56. The van der Waals surface area contributed by atoms with Crippen LogP contribution in [0.15, 0.2) is 0 Å². The molecule has 0 atom stereocenters. The molecule has 4 heteroatoms. The fourth-order valence-electron chi connectivity index (χ4n) is 1.68. The molecule has 0 spiro atoms. The number of nitrogens with zero attached hydrogens (tertiary/aromatic N) is 2. The van der Waals surface area contributed by atoms with Crippen LogP contribution in [0.25, 0.3) is 0 Å². The lowest BCUT2D eigenvalue weighted by atomic mass is 10.2. The molecule has 3 nitrogen and oxygen atoms in total. The molecule has 0 aromatic carbocycles. The predicted molar refractivity (Wildman–Crippen MR) is 67.5 cm³/mol. The molecule has 0 saturated carbocycles. The third kappa shape index (κ3) is 3.24. The van der Waals surface area contributed by atoms with Crippen LogP contribution in [0, 0.1) is 13.8 Å². The van der Waals surface area contributed by atoms with Crippen molar-refractivity contribution in [3.63, 3.8) is 0 Å². The summed E-state index contributed by atoms with van der Waals surface area (Å²) in [6, 6.07) is 0. The number of hydrogen-bond donors (Lipinski definition) is 1. The molecule has 0 bridgehead atoms. The summed E-state index contributed by atoms with van der Waals surface area (Å²) in [6.45, 7) is 8.37. The molecule has 0 aliphatic heterocycles. The van der Waals surface area contributed by atoms with Crippen molar-refractivity contribution in [2.45, 2.75) is 33.9 Å². The summed E-state index contributed by atoms with van der Waals surface area (Å²) >= 11 is 1.96. The van der Waals surface area contributed by atoms with E-state index in [9.17, 15) is 0 Å². The van der Waals surface area contributed by atoms with E-state index in [1.807, 2.05) is 18.8 Å². The first kappa shape index (κ1) is 12.6. The Balaban J connectivity index is 2.68. The van der Waals surface area contributed by atoms with Crippen LogP contribution in [0.4, 0.5) is 0 Å². The average Bonchev–Trinajstić information content (AvgIpc) is 2.47. The van der Waals surface area contributed by atoms with Crippen LogP contribution >= 0.6 is 11.8 Å². The Kier molecular flexibility index (Phi) is 5.19. The highest BCUT2D eigenvalue weighted by Crippen LogP contribution is 2.13. The second-order valence-corrected chi connectivity index (χ2v) is 4.99. The molecular formula is C11H21N3S. The van der Waals surface area contributed by atoms with Gasteiger partial charge in [0.15, 0.2) is 0 Å². The molecule has 0 fully saturated rings. The van der Waals surface area contributed by atoms with Crippen molar-refractivity contribution in [2.75, 3.05) is 18.6 Å². The van der Waals surface area contributed by atoms with Crippen molar-refractivity contribution in [2.24, 2.45) is 0 Å². The van der Waals surface area contributed by atoms with Crippen LogP contribution in [0.5, 0.6) is 0 Å². The first-order chi connectivity index (χ1) is 7.20. The van der Waals surface area contributed by atoms with Gasteiger partial charge in [0, 0.05) is 23.6 Å². The molecule has 1 aromatic heterocycles. The molecule has 0 amide bonds. The topological polar surface area (TPSA) is 29.9 Å². The van der Waals surface area contributed by atoms with E-state index in [4.69, 9.17) is 0 Å². The van der Waals surface area contributed by atoms with Gasteiger partial charge in [-0.1, -0.05) is 6.92 Å². The van der Waals surface area contributed by atoms with Gasteiger partial charge in [0.1, 0.15) is 0 Å². The van der Waals surface area contributed by atoms with Crippen molar-refractivity contribution >= 4 is 11.8 Å². The van der Waals surface area contributed by atoms with Gasteiger partial charge in [0.25, 0.3) is 0 Å². The third-order valence-corrected chi connectivity index (χ3v) is 3.42. The molecule has 1 N–H and O–H groups in total. The maximum atomic E-state index is 4.56. The van der Waals surface area contributed by atoms with Gasteiger partial charge in [-0.05, 0) is 26.6 Å². The van der Waals surface area contributed by atoms with E-state index in [0.29, 0.717) is 0 Å². The Morgan fingerprint density at radius 2 is 2.13 bits per heavy atom. The van der Waals surface area contributed by atoms with Crippen molar-refractivity contribution in [3.8, 4) is 0 Å². The van der Waals surface area contributed by atoms with E-state index in [2.05, 4.69) is 35.9 Å². The molecule has 1 aromatic rings. The molecule has 0 saturated heterocycles. The van der Waals surface area contributed by atoms with E-state index >= 15 is 0 Å². The number of rotatable bonds is 6. The smallest absolute Gasteiger partial charge is 0.0641 e. The summed E-state index contributed by atoms with van der Waals surface area (Å²) < 4.78 is 2.13. The fraction of sp³-hybridized carbons (Fsp3) is 0.727. The molecule has 0 unspecified atom stereocenters. The molecular weight excluding hydrogens is 206 g/mol. The minimum atomic E-state index is 0.915. The Morgan fingerprint density at radius 1 is 1.40 bits per heavy atom. The van der Waals surface area contributed by atoms with Gasteiger partial charge in [-0.2, -0.15) is 16.9 Å². The van der Waals surface area contributed by atoms with Gasteiger partial charge in [-0.3, -0.25) is 4.68 Å². The normalized spacial score (nSPS) is 10.9. The highest BCUT2D eigenvalue weighted by Gasteiger charge is 2.09. The largest absolute Gasteiger partial charge is 0.316 e. The quantitative estimate of drug-likeness (QED) is 0.754. The second kappa shape index (κ2) is 6.18. The molecule has 0 aliphatic rings. The minimum Gasteiger partial charge on any atom is -0.316 e. The number of aromatic nitrogens is 2. The first-order valence-corrected chi connectivity index (χ1v) is 6.61. The lowest BCUT2D eigenvalue weighted by Gasteiger charge is -2.04. The van der Waals surface area contributed by atoms with Gasteiger partial charge in [-0.25, -0.2) is 0 Å². The predicted octanol–water partition coefficient (Wildman–Crippen LogP) is 1.97. The summed E-state index contributed by atoms with van der Waals surface area (Å²) in [5.41, 5.74) is 3.81. The molecule has 0 radical (unpaired) electrons. The molecule has 86 valence electrons. The number of thioether (sulfide) groups is 1. The zero-order valence-corrected chi connectivity index (χ0v) is 10.9. The second-order valence-electron chi connectivity index (χ2n) is 3.60.